The molecule has 3 heterocycles. The molecule has 3 rings (SSSR count). The van der Waals surface area contributed by atoms with Crippen LogP contribution >= 0.6 is 15.9 Å². The van der Waals surface area contributed by atoms with Crippen molar-refractivity contribution in [3.8, 4) is 0 Å². The predicted molar refractivity (Wildman–Crippen MR) is 102 cm³/mol. The van der Waals surface area contributed by atoms with E-state index in [-0.39, 0.29) is 17.4 Å². The number of anilines is 2. The second kappa shape index (κ2) is 7.57. The molecular formula is C17H18BrFN6O2. The Morgan fingerprint density at radius 2 is 2.11 bits per heavy atom. The van der Waals surface area contributed by atoms with E-state index in [9.17, 15) is 9.18 Å². The van der Waals surface area contributed by atoms with Crippen LogP contribution in [0.15, 0.2) is 22.9 Å². The van der Waals surface area contributed by atoms with Crippen molar-refractivity contribution in [3.63, 3.8) is 0 Å². The first kappa shape index (κ1) is 19.2. The fourth-order valence-corrected chi connectivity index (χ4v) is 3.26. The molecule has 1 atom stereocenters. The van der Waals surface area contributed by atoms with Crippen molar-refractivity contribution in [1.82, 2.24) is 19.6 Å². The highest BCUT2D eigenvalue weighted by atomic mass is 79.9. The highest BCUT2D eigenvalue weighted by Crippen LogP contribution is 2.33. The molecular weight excluding hydrogens is 419 g/mol. The number of methoxy groups -OCH3 is 1. The maximum atomic E-state index is 14.1. The number of ether oxygens (including phenoxy) is 1. The van der Waals surface area contributed by atoms with Crippen molar-refractivity contribution in [2.75, 3.05) is 17.7 Å². The van der Waals surface area contributed by atoms with E-state index >= 15 is 0 Å². The number of amides is 2. The lowest BCUT2D eigenvalue weighted by Gasteiger charge is -2.18. The number of halogens is 2. The van der Waals surface area contributed by atoms with Gasteiger partial charge in [0.1, 0.15) is 5.82 Å². The number of aromatic nitrogens is 4. The molecule has 0 aliphatic carbocycles. The van der Waals surface area contributed by atoms with Crippen LogP contribution in [0, 0.1) is 19.7 Å². The first-order chi connectivity index (χ1) is 12.8. The quantitative estimate of drug-likeness (QED) is 0.644. The normalized spacial score (nSPS) is 12.2. The maximum Gasteiger partial charge on any atom is 0.323 e. The van der Waals surface area contributed by atoms with Crippen LogP contribution in [0.4, 0.5) is 20.6 Å². The SMILES string of the molecule is COC(C)c1c(NC(=O)Nc2cc(F)c3nc(C)nn3c2)cnc(C)c1Br. The van der Waals surface area contributed by atoms with Crippen molar-refractivity contribution < 1.29 is 13.9 Å². The van der Waals surface area contributed by atoms with Gasteiger partial charge in [0.25, 0.3) is 0 Å². The van der Waals surface area contributed by atoms with Crippen LogP contribution in [0.2, 0.25) is 0 Å². The number of rotatable bonds is 4. The summed E-state index contributed by atoms with van der Waals surface area (Å²) in [7, 11) is 1.58. The summed E-state index contributed by atoms with van der Waals surface area (Å²) in [6.45, 7) is 5.36. The molecule has 3 aromatic heterocycles. The molecule has 0 bridgehead atoms. The smallest absolute Gasteiger partial charge is 0.323 e. The van der Waals surface area contributed by atoms with E-state index in [1.54, 1.807) is 20.2 Å². The molecule has 10 heteroatoms. The zero-order valence-electron chi connectivity index (χ0n) is 15.2. The zero-order valence-corrected chi connectivity index (χ0v) is 16.8. The Kier molecular flexibility index (Phi) is 5.38. The van der Waals surface area contributed by atoms with Crippen molar-refractivity contribution in [3.05, 3.63) is 45.8 Å². The number of aryl methyl sites for hydroxylation is 2. The molecule has 1 unspecified atom stereocenters. The fourth-order valence-electron chi connectivity index (χ4n) is 2.62. The van der Waals surface area contributed by atoms with Gasteiger partial charge in [0.2, 0.25) is 0 Å². The minimum atomic E-state index is -0.582. The van der Waals surface area contributed by atoms with E-state index in [4.69, 9.17) is 4.74 Å². The van der Waals surface area contributed by atoms with E-state index in [0.717, 1.165) is 15.7 Å². The summed E-state index contributed by atoms with van der Waals surface area (Å²) in [5, 5.41) is 9.37. The van der Waals surface area contributed by atoms with Gasteiger partial charge in [0.15, 0.2) is 11.5 Å². The monoisotopic (exact) mass is 436 g/mol. The van der Waals surface area contributed by atoms with Crippen LogP contribution in [0.5, 0.6) is 0 Å². The van der Waals surface area contributed by atoms with Crippen molar-refractivity contribution in [2.24, 2.45) is 0 Å². The fraction of sp³-hybridized carbons (Fsp3) is 0.294. The molecule has 0 saturated carbocycles. The summed E-state index contributed by atoms with van der Waals surface area (Å²) in [6.07, 6.45) is 2.76. The molecule has 0 aliphatic rings. The van der Waals surface area contributed by atoms with Gasteiger partial charge in [-0.05, 0) is 36.7 Å². The average Bonchev–Trinajstić information content (AvgIpc) is 2.98. The van der Waals surface area contributed by atoms with Gasteiger partial charge in [0.05, 0.1) is 35.6 Å². The van der Waals surface area contributed by atoms with E-state index < -0.39 is 11.8 Å². The minimum Gasteiger partial charge on any atom is -0.377 e. The molecule has 0 spiro atoms. The van der Waals surface area contributed by atoms with E-state index in [2.05, 4.69) is 41.6 Å². The van der Waals surface area contributed by atoms with E-state index in [0.29, 0.717) is 11.5 Å². The number of nitrogens with one attached hydrogen (secondary N) is 2. The van der Waals surface area contributed by atoms with Gasteiger partial charge in [0, 0.05) is 23.2 Å². The first-order valence-electron chi connectivity index (χ1n) is 8.08. The van der Waals surface area contributed by atoms with Gasteiger partial charge >= 0.3 is 6.03 Å². The molecule has 8 nitrogen and oxygen atoms in total. The minimum absolute atomic E-state index is 0.0985. The maximum absolute atomic E-state index is 14.1. The summed E-state index contributed by atoms with van der Waals surface area (Å²) >= 11 is 3.49. The molecule has 0 radical (unpaired) electrons. The van der Waals surface area contributed by atoms with Crippen LogP contribution in [0.3, 0.4) is 0 Å². The number of nitrogens with zero attached hydrogens (tertiary/aromatic N) is 4. The topological polar surface area (TPSA) is 93.4 Å². The number of carbonyl (C=O) groups is 1. The Bertz CT molecular complexity index is 1020. The summed E-state index contributed by atoms with van der Waals surface area (Å²) in [4.78, 5) is 20.6. The van der Waals surface area contributed by atoms with E-state index in [1.165, 1.54) is 16.8 Å². The molecule has 2 N–H and O–H groups in total. The number of fused-ring (bicyclic) bond motifs is 1. The Morgan fingerprint density at radius 3 is 2.81 bits per heavy atom. The Hall–Kier alpha value is -2.59. The van der Waals surface area contributed by atoms with Crippen LogP contribution in [0.25, 0.3) is 5.65 Å². The summed E-state index contributed by atoms with van der Waals surface area (Å²) < 4.78 is 21.5. The Morgan fingerprint density at radius 1 is 1.37 bits per heavy atom. The molecule has 142 valence electrons. The van der Waals surface area contributed by atoms with E-state index in [1.807, 2.05) is 13.8 Å². The molecule has 0 saturated heterocycles. The summed E-state index contributed by atoms with van der Waals surface area (Å²) in [6, 6.07) is 0.637. The van der Waals surface area contributed by atoms with Crippen molar-refractivity contribution in [1.29, 1.82) is 0 Å². The number of urea groups is 1. The molecule has 0 aliphatic heterocycles. The Labute approximate surface area is 163 Å². The third-order valence-corrected chi connectivity index (χ3v) is 4.99. The Balaban J connectivity index is 1.85. The lowest BCUT2D eigenvalue weighted by atomic mass is 10.1. The molecule has 27 heavy (non-hydrogen) atoms. The number of pyridine rings is 2. The summed E-state index contributed by atoms with van der Waals surface area (Å²) in [5.41, 5.74) is 2.35. The lowest BCUT2D eigenvalue weighted by Crippen LogP contribution is -2.21. The average molecular weight is 437 g/mol. The first-order valence-corrected chi connectivity index (χ1v) is 8.87. The number of hydrogen-bond donors (Lipinski definition) is 2. The lowest BCUT2D eigenvalue weighted by molar-refractivity contribution is 0.119. The van der Waals surface area contributed by atoms with Crippen molar-refractivity contribution in [2.45, 2.75) is 26.9 Å². The largest absolute Gasteiger partial charge is 0.377 e. The molecule has 0 fully saturated rings. The third-order valence-electron chi connectivity index (χ3n) is 3.99. The van der Waals surface area contributed by atoms with Gasteiger partial charge in [-0.1, -0.05) is 0 Å². The highest BCUT2D eigenvalue weighted by Gasteiger charge is 2.18. The predicted octanol–water partition coefficient (Wildman–Crippen LogP) is 3.99. The second-order valence-electron chi connectivity index (χ2n) is 5.95. The van der Waals surface area contributed by atoms with Gasteiger partial charge in [-0.3, -0.25) is 4.98 Å². The second-order valence-corrected chi connectivity index (χ2v) is 6.74. The summed E-state index contributed by atoms with van der Waals surface area (Å²) in [5.74, 6) is -0.147. The van der Waals surface area contributed by atoms with Crippen LogP contribution in [0.1, 0.15) is 30.1 Å². The molecule has 0 aromatic carbocycles. The van der Waals surface area contributed by atoms with Crippen LogP contribution < -0.4 is 10.6 Å². The standard InChI is InChI=1S/C17H18BrFN6O2/c1-8-15(18)14(9(2)27-4)13(6-20-8)23-17(26)22-11-5-12(19)16-21-10(3)24-25(16)7-11/h5-7,9H,1-4H3,(H2,22,23,26). The van der Waals surface area contributed by atoms with Crippen molar-refractivity contribution >= 4 is 39.0 Å². The van der Waals surface area contributed by atoms with Gasteiger partial charge < -0.3 is 15.4 Å². The molecule has 2 amide bonds. The van der Waals surface area contributed by atoms with Gasteiger partial charge in [-0.15, -0.1) is 0 Å². The van der Waals surface area contributed by atoms with Gasteiger partial charge in [-0.2, -0.15) is 5.10 Å². The molecule has 3 aromatic rings. The number of carbonyl (C=O) groups excluding carboxylic acids is 1. The van der Waals surface area contributed by atoms with Crippen LogP contribution in [-0.4, -0.2) is 32.7 Å². The highest BCUT2D eigenvalue weighted by molar-refractivity contribution is 9.10. The zero-order chi connectivity index (χ0) is 19.7. The third kappa shape index (κ3) is 3.91. The number of hydrogen-bond acceptors (Lipinski definition) is 5. The van der Waals surface area contributed by atoms with Gasteiger partial charge in [-0.25, -0.2) is 18.7 Å². The van der Waals surface area contributed by atoms with Crippen LogP contribution in [-0.2, 0) is 4.74 Å².